The summed E-state index contributed by atoms with van der Waals surface area (Å²) in [5.74, 6) is 1.49. The number of ether oxygens (including phenoxy) is 1. The molecule has 0 N–H and O–H groups in total. The second-order valence-corrected chi connectivity index (χ2v) is 9.25. The summed E-state index contributed by atoms with van der Waals surface area (Å²) in [6, 6.07) is 14.2. The lowest BCUT2D eigenvalue weighted by Gasteiger charge is -2.32. The minimum atomic E-state index is 0.228. The van der Waals surface area contributed by atoms with E-state index in [1.54, 1.807) is 17.6 Å². The van der Waals surface area contributed by atoms with Crippen molar-refractivity contribution >= 4 is 17.2 Å². The third-order valence-electron chi connectivity index (χ3n) is 5.56. The van der Waals surface area contributed by atoms with Gasteiger partial charge in [-0.2, -0.15) is 0 Å². The van der Waals surface area contributed by atoms with E-state index in [2.05, 4.69) is 29.2 Å². The highest BCUT2D eigenvalue weighted by molar-refractivity contribution is 7.10. The van der Waals surface area contributed by atoms with Gasteiger partial charge in [0.2, 0.25) is 5.91 Å². The van der Waals surface area contributed by atoms with Crippen molar-refractivity contribution in [2.75, 3.05) is 26.7 Å². The molecule has 1 unspecified atom stereocenters. The number of thiophene rings is 1. The first-order chi connectivity index (χ1) is 15.2. The summed E-state index contributed by atoms with van der Waals surface area (Å²) in [5, 5.41) is 5.98. The Kier molecular flexibility index (Phi) is 7.38. The molecule has 0 spiro atoms. The molecule has 1 amide bonds. The van der Waals surface area contributed by atoms with E-state index in [9.17, 15) is 4.79 Å². The lowest BCUT2D eigenvalue weighted by molar-refractivity contribution is -0.132. The SMILES string of the molecule is CN(Cc1ccc(OCC2CCCN(C(=O)Cc3cccs3)C2)cc1)Cc1ccon1. The third kappa shape index (κ3) is 6.42. The summed E-state index contributed by atoms with van der Waals surface area (Å²) >= 11 is 1.65. The number of benzene rings is 1. The highest BCUT2D eigenvalue weighted by Crippen LogP contribution is 2.21. The number of nitrogens with zero attached hydrogens (tertiary/aromatic N) is 3. The third-order valence-corrected chi connectivity index (χ3v) is 6.44. The normalized spacial score (nSPS) is 16.6. The van der Waals surface area contributed by atoms with Crippen LogP contribution in [-0.2, 0) is 24.3 Å². The Labute approximate surface area is 187 Å². The van der Waals surface area contributed by atoms with E-state index in [1.165, 1.54) is 5.56 Å². The highest BCUT2D eigenvalue weighted by atomic mass is 32.1. The molecule has 0 bridgehead atoms. The van der Waals surface area contributed by atoms with Gasteiger partial charge >= 0.3 is 0 Å². The molecule has 2 aromatic heterocycles. The van der Waals surface area contributed by atoms with Crippen LogP contribution < -0.4 is 4.74 Å². The lowest BCUT2D eigenvalue weighted by Crippen LogP contribution is -2.42. The number of hydrogen-bond acceptors (Lipinski definition) is 6. The minimum absolute atomic E-state index is 0.228. The van der Waals surface area contributed by atoms with Gasteiger partial charge in [-0.15, -0.1) is 11.3 Å². The molecule has 0 saturated carbocycles. The number of aromatic nitrogens is 1. The number of amides is 1. The molecule has 0 radical (unpaired) electrons. The van der Waals surface area contributed by atoms with E-state index < -0.39 is 0 Å². The fourth-order valence-corrected chi connectivity index (χ4v) is 4.67. The summed E-state index contributed by atoms with van der Waals surface area (Å²) < 4.78 is 10.9. The monoisotopic (exact) mass is 439 g/mol. The van der Waals surface area contributed by atoms with Gasteiger partial charge in [0, 0.05) is 43.0 Å². The molecule has 6 nitrogen and oxygen atoms in total. The topological polar surface area (TPSA) is 58.8 Å². The van der Waals surface area contributed by atoms with Gasteiger partial charge in [0.15, 0.2) is 0 Å². The summed E-state index contributed by atoms with van der Waals surface area (Å²) in [5.41, 5.74) is 2.15. The number of rotatable bonds is 9. The zero-order valence-corrected chi connectivity index (χ0v) is 18.7. The number of carbonyl (C=O) groups is 1. The van der Waals surface area contributed by atoms with Gasteiger partial charge in [0.25, 0.3) is 0 Å². The molecule has 1 aromatic carbocycles. The summed E-state index contributed by atoms with van der Waals surface area (Å²) in [7, 11) is 2.06. The van der Waals surface area contributed by atoms with Crippen molar-refractivity contribution in [3.05, 3.63) is 70.2 Å². The first kappa shape index (κ1) is 21.6. The molecular weight excluding hydrogens is 410 g/mol. The molecule has 1 atom stereocenters. The van der Waals surface area contributed by atoms with Crippen molar-refractivity contribution in [1.29, 1.82) is 0 Å². The molecular formula is C24H29N3O3S. The van der Waals surface area contributed by atoms with Crippen LogP contribution in [0.4, 0.5) is 0 Å². The van der Waals surface area contributed by atoms with E-state index in [-0.39, 0.29) is 5.91 Å². The largest absolute Gasteiger partial charge is 0.493 e. The van der Waals surface area contributed by atoms with Gasteiger partial charge in [-0.3, -0.25) is 9.69 Å². The van der Waals surface area contributed by atoms with Crippen molar-refractivity contribution in [2.45, 2.75) is 32.4 Å². The van der Waals surface area contributed by atoms with Crippen LogP contribution in [-0.4, -0.2) is 47.6 Å². The van der Waals surface area contributed by atoms with Crippen LogP contribution in [0.3, 0.4) is 0 Å². The molecule has 31 heavy (non-hydrogen) atoms. The van der Waals surface area contributed by atoms with E-state index in [0.29, 0.717) is 18.9 Å². The second-order valence-electron chi connectivity index (χ2n) is 8.22. The molecule has 0 aliphatic carbocycles. The van der Waals surface area contributed by atoms with Crippen LogP contribution in [0.2, 0.25) is 0 Å². The smallest absolute Gasteiger partial charge is 0.227 e. The summed E-state index contributed by atoms with van der Waals surface area (Å²) in [4.78, 5) is 17.9. The van der Waals surface area contributed by atoms with Crippen LogP contribution in [0, 0.1) is 5.92 Å². The van der Waals surface area contributed by atoms with Crippen molar-refractivity contribution in [1.82, 2.24) is 15.0 Å². The fourth-order valence-electron chi connectivity index (χ4n) is 3.97. The Morgan fingerprint density at radius 3 is 2.87 bits per heavy atom. The quantitative estimate of drug-likeness (QED) is 0.499. The minimum Gasteiger partial charge on any atom is -0.493 e. The number of piperidine rings is 1. The second kappa shape index (κ2) is 10.6. The number of likely N-dealkylation sites (tertiary alicyclic amines) is 1. The van der Waals surface area contributed by atoms with Crippen molar-refractivity contribution in [3.63, 3.8) is 0 Å². The molecule has 3 aromatic rings. The van der Waals surface area contributed by atoms with Crippen molar-refractivity contribution < 1.29 is 14.1 Å². The van der Waals surface area contributed by atoms with Crippen molar-refractivity contribution in [3.8, 4) is 5.75 Å². The average Bonchev–Trinajstić information content (AvgIpc) is 3.48. The summed E-state index contributed by atoms with van der Waals surface area (Å²) in [6.45, 7) is 3.87. The molecule has 3 heterocycles. The van der Waals surface area contributed by atoms with Gasteiger partial charge in [0.1, 0.15) is 12.0 Å². The maximum atomic E-state index is 12.6. The predicted molar refractivity (Wildman–Crippen MR) is 121 cm³/mol. The number of carbonyl (C=O) groups excluding carboxylic acids is 1. The average molecular weight is 440 g/mol. The van der Waals surface area contributed by atoms with E-state index >= 15 is 0 Å². The van der Waals surface area contributed by atoms with E-state index in [4.69, 9.17) is 9.26 Å². The van der Waals surface area contributed by atoms with Gasteiger partial charge < -0.3 is 14.2 Å². The highest BCUT2D eigenvalue weighted by Gasteiger charge is 2.24. The molecule has 7 heteroatoms. The predicted octanol–water partition coefficient (Wildman–Crippen LogP) is 4.23. The molecule has 1 aliphatic heterocycles. The molecule has 1 fully saturated rings. The number of hydrogen-bond donors (Lipinski definition) is 0. The van der Waals surface area contributed by atoms with Gasteiger partial charge in [-0.1, -0.05) is 23.4 Å². The van der Waals surface area contributed by atoms with Crippen LogP contribution in [0.15, 0.2) is 58.6 Å². The molecule has 164 valence electrons. The van der Waals surface area contributed by atoms with E-state index in [0.717, 1.165) is 55.3 Å². The van der Waals surface area contributed by atoms with Crippen molar-refractivity contribution in [2.24, 2.45) is 5.92 Å². The zero-order chi connectivity index (χ0) is 21.5. The van der Waals surface area contributed by atoms with Crippen LogP contribution in [0.5, 0.6) is 5.75 Å². The molecule has 1 saturated heterocycles. The first-order valence-electron chi connectivity index (χ1n) is 10.8. The van der Waals surface area contributed by atoms with Gasteiger partial charge in [0.05, 0.1) is 18.7 Å². The Morgan fingerprint density at radius 2 is 2.13 bits per heavy atom. The maximum Gasteiger partial charge on any atom is 0.227 e. The lowest BCUT2D eigenvalue weighted by atomic mass is 9.98. The summed E-state index contributed by atoms with van der Waals surface area (Å²) in [6.07, 6.45) is 4.26. The van der Waals surface area contributed by atoms with Gasteiger partial charge in [-0.25, -0.2) is 0 Å². The standard InChI is InChI=1S/C24H29N3O3S/c1-26(17-21-10-12-30-25-21)15-19-6-8-22(9-7-19)29-18-20-4-2-11-27(16-20)24(28)14-23-5-3-13-31-23/h3,5-10,12-13,20H,2,4,11,14-18H2,1H3. The first-order valence-corrected chi connectivity index (χ1v) is 11.6. The van der Waals surface area contributed by atoms with E-state index in [1.807, 2.05) is 40.6 Å². The van der Waals surface area contributed by atoms with Crippen LogP contribution >= 0.6 is 11.3 Å². The Balaban J connectivity index is 1.21. The molecule has 1 aliphatic rings. The fraction of sp³-hybridized carbons (Fsp3) is 0.417. The molecule has 4 rings (SSSR count). The Hall–Kier alpha value is -2.64. The zero-order valence-electron chi connectivity index (χ0n) is 17.9. The van der Waals surface area contributed by atoms with Crippen LogP contribution in [0.1, 0.15) is 29.0 Å². The maximum absolute atomic E-state index is 12.6. The van der Waals surface area contributed by atoms with Gasteiger partial charge in [-0.05, 0) is 49.0 Å². The van der Waals surface area contributed by atoms with Crippen LogP contribution in [0.25, 0.3) is 0 Å². The Bertz CT molecular complexity index is 926. The Morgan fingerprint density at radius 1 is 1.26 bits per heavy atom.